The van der Waals surface area contributed by atoms with Crippen molar-refractivity contribution >= 4 is 17.8 Å². The van der Waals surface area contributed by atoms with E-state index in [1.807, 2.05) is 0 Å². The first-order valence-corrected chi connectivity index (χ1v) is 7.57. The second-order valence-electron chi connectivity index (χ2n) is 5.47. The molecule has 1 saturated heterocycles. The molecule has 128 valence electrons. The molecular formula is C17H15FN4O3. The lowest BCUT2D eigenvalue weighted by molar-refractivity contribution is -0.130. The number of hydrogen-bond donors (Lipinski definition) is 2. The largest absolute Gasteiger partial charge is 0.344 e. The van der Waals surface area contributed by atoms with E-state index < -0.39 is 23.9 Å². The van der Waals surface area contributed by atoms with Gasteiger partial charge in [-0.05, 0) is 35.4 Å². The number of aromatic nitrogens is 1. The fourth-order valence-corrected chi connectivity index (χ4v) is 2.54. The molecule has 4 amide bonds. The molecule has 2 heterocycles. The molecule has 25 heavy (non-hydrogen) atoms. The van der Waals surface area contributed by atoms with E-state index in [9.17, 15) is 18.8 Å². The monoisotopic (exact) mass is 342 g/mol. The Bertz CT molecular complexity index is 779. The van der Waals surface area contributed by atoms with Crippen LogP contribution in [-0.4, -0.2) is 40.8 Å². The van der Waals surface area contributed by atoms with Gasteiger partial charge in [0.1, 0.15) is 12.4 Å². The van der Waals surface area contributed by atoms with Gasteiger partial charge in [-0.2, -0.15) is 0 Å². The minimum atomic E-state index is -0.595. The molecule has 1 aromatic heterocycles. The van der Waals surface area contributed by atoms with Crippen LogP contribution in [0, 0.1) is 5.82 Å². The van der Waals surface area contributed by atoms with Crippen molar-refractivity contribution in [3.05, 3.63) is 65.7 Å². The minimum absolute atomic E-state index is 0.113. The molecular weight excluding hydrogens is 327 g/mol. The van der Waals surface area contributed by atoms with E-state index in [4.69, 9.17) is 0 Å². The number of pyridine rings is 1. The molecule has 1 aliphatic rings. The Morgan fingerprint density at radius 2 is 1.80 bits per heavy atom. The van der Waals surface area contributed by atoms with Crippen LogP contribution >= 0.6 is 0 Å². The Morgan fingerprint density at radius 3 is 2.40 bits per heavy atom. The van der Waals surface area contributed by atoms with Crippen LogP contribution in [0.4, 0.5) is 9.18 Å². The third-order valence-electron chi connectivity index (χ3n) is 3.79. The summed E-state index contributed by atoms with van der Waals surface area (Å²) in [7, 11) is 0. The first kappa shape index (κ1) is 16.6. The molecule has 0 unspecified atom stereocenters. The summed E-state index contributed by atoms with van der Waals surface area (Å²) < 4.78 is 13.2. The number of benzene rings is 1. The van der Waals surface area contributed by atoms with Crippen LogP contribution in [0.3, 0.4) is 0 Å². The van der Waals surface area contributed by atoms with Crippen LogP contribution in [0.5, 0.6) is 0 Å². The van der Waals surface area contributed by atoms with Crippen molar-refractivity contribution in [1.82, 2.24) is 20.5 Å². The van der Waals surface area contributed by atoms with Crippen LogP contribution in [0.1, 0.15) is 17.2 Å². The molecule has 2 aromatic rings. The van der Waals surface area contributed by atoms with Gasteiger partial charge in [0.2, 0.25) is 5.91 Å². The molecule has 0 saturated carbocycles. The summed E-state index contributed by atoms with van der Waals surface area (Å²) in [5.74, 6) is -1.35. The highest BCUT2D eigenvalue weighted by atomic mass is 19.1. The van der Waals surface area contributed by atoms with Crippen molar-refractivity contribution in [1.29, 1.82) is 0 Å². The van der Waals surface area contributed by atoms with Crippen molar-refractivity contribution in [2.75, 3.05) is 13.1 Å². The summed E-state index contributed by atoms with van der Waals surface area (Å²) in [5, 5.41) is 5.13. The lowest BCUT2D eigenvalue weighted by atomic mass is 9.99. The van der Waals surface area contributed by atoms with Crippen molar-refractivity contribution < 1.29 is 18.8 Å². The molecule has 1 aromatic carbocycles. The maximum Gasteiger partial charge on any atom is 0.325 e. The molecule has 3 rings (SSSR count). The second kappa shape index (κ2) is 7.08. The Labute approximate surface area is 142 Å². The van der Waals surface area contributed by atoms with Gasteiger partial charge >= 0.3 is 6.03 Å². The van der Waals surface area contributed by atoms with Crippen LogP contribution in [0.2, 0.25) is 0 Å². The predicted octanol–water partition coefficient (Wildman–Crippen LogP) is 0.978. The molecule has 1 aliphatic heterocycles. The number of amides is 4. The van der Waals surface area contributed by atoms with E-state index in [-0.39, 0.29) is 18.9 Å². The van der Waals surface area contributed by atoms with Crippen LogP contribution in [0.25, 0.3) is 0 Å². The number of carbonyl (C=O) groups excluding carboxylic acids is 3. The van der Waals surface area contributed by atoms with Gasteiger partial charge in [0, 0.05) is 12.4 Å². The zero-order valence-corrected chi connectivity index (χ0v) is 13.1. The molecule has 0 spiro atoms. The van der Waals surface area contributed by atoms with E-state index in [1.54, 1.807) is 36.7 Å². The zero-order valence-electron chi connectivity index (χ0n) is 13.1. The summed E-state index contributed by atoms with van der Waals surface area (Å²) in [5.41, 5.74) is 1.41. The maximum absolute atomic E-state index is 13.2. The summed E-state index contributed by atoms with van der Waals surface area (Å²) in [6.07, 6.45) is 3.16. The van der Waals surface area contributed by atoms with Gasteiger partial charge < -0.3 is 10.6 Å². The number of rotatable bonds is 5. The molecule has 0 radical (unpaired) electrons. The number of imide groups is 1. The maximum atomic E-state index is 13.2. The van der Waals surface area contributed by atoms with E-state index in [0.717, 1.165) is 10.5 Å². The number of halogens is 1. The summed E-state index contributed by atoms with van der Waals surface area (Å²) >= 11 is 0. The van der Waals surface area contributed by atoms with Crippen molar-refractivity contribution in [2.45, 2.75) is 6.04 Å². The molecule has 2 N–H and O–H groups in total. The smallest absolute Gasteiger partial charge is 0.325 e. The number of carbonyl (C=O) groups is 3. The van der Waals surface area contributed by atoms with E-state index in [0.29, 0.717) is 5.56 Å². The minimum Gasteiger partial charge on any atom is -0.344 e. The second-order valence-corrected chi connectivity index (χ2v) is 5.47. The highest BCUT2D eigenvalue weighted by Gasteiger charge is 2.30. The van der Waals surface area contributed by atoms with Gasteiger partial charge in [-0.3, -0.25) is 19.5 Å². The zero-order chi connectivity index (χ0) is 17.8. The normalized spacial score (nSPS) is 15.0. The van der Waals surface area contributed by atoms with Crippen LogP contribution in [0.15, 0.2) is 48.8 Å². The first-order valence-electron chi connectivity index (χ1n) is 7.57. The lowest BCUT2D eigenvalue weighted by Gasteiger charge is -2.21. The predicted molar refractivity (Wildman–Crippen MR) is 85.7 cm³/mol. The average Bonchev–Trinajstić information content (AvgIpc) is 2.93. The summed E-state index contributed by atoms with van der Waals surface area (Å²) in [6, 6.07) is 8.02. The van der Waals surface area contributed by atoms with Gasteiger partial charge in [0.25, 0.3) is 5.91 Å². The van der Waals surface area contributed by atoms with E-state index >= 15 is 0 Å². The van der Waals surface area contributed by atoms with Gasteiger partial charge in [0.05, 0.1) is 12.6 Å². The highest BCUT2D eigenvalue weighted by molar-refractivity contribution is 6.04. The fourth-order valence-electron chi connectivity index (χ4n) is 2.54. The van der Waals surface area contributed by atoms with Gasteiger partial charge in [-0.25, -0.2) is 9.18 Å². The Balaban J connectivity index is 1.80. The van der Waals surface area contributed by atoms with Gasteiger partial charge in [0.15, 0.2) is 0 Å². The first-order chi connectivity index (χ1) is 12.0. The molecule has 7 nitrogen and oxygen atoms in total. The van der Waals surface area contributed by atoms with Crippen molar-refractivity contribution in [3.8, 4) is 0 Å². The van der Waals surface area contributed by atoms with E-state index in [1.165, 1.54) is 12.1 Å². The average molecular weight is 342 g/mol. The molecule has 0 aliphatic carbocycles. The highest BCUT2D eigenvalue weighted by Crippen LogP contribution is 2.22. The third kappa shape index (κ3) is 3.79. The van der Waals surface area contributed by atoms with E-state index in [2.05, 4.69) is 15.6 Å². The van der Waals surface area contributed by atoms with Crippen molar-refractivity contribution in [2.24, 2.45) is 0 Å². The summed E-state index contributed by atoms with van der Waals surface area (Å²) in [6.45, 7) is -0.495. The van der Waals surface area contributed by atoms with Crippen LogP contribution < -0.4 is 10.6 Å². The number of nitrogens with zero attached hydrogens (tertiary/aromatic N) is 2. The molecule has 1 fully saturated rings. The summed E-state index contributed by atoms with van der Waals surface area (Å²) in [4.78, 5) is 40.3. The standard InChI is InChI=1S/C17H15FN4O3/c18-13-3-1-11(2-4-13)16(12-5-7-19-8-6-12)21-14(23)10-22-15(24)9-20-17(22)25/h1-8,16H,9-10H2,(H,20,25)(H,21,23)/t16-/m0/s1. The number of hydrogen-bond acceptors (Lipinski definition) is 4. The SMILES string of the molecule is O=C(CN1C(=O)CNC1=O)N[C@H](c1ccncc1)c1ccc(F)cc1. The Hall–Kier alpha value is -3.29. The van der Waals surface area contributed by atoms with Crippen molar-refractivity contribution in [3.63, 3.8) is 0 Å². The van der Waals surface area contributed by atoms with Crippen LogP contribution in [-0.2, 0) is 9.59 Å². The van der Waals surface area contributed by atoms with Gasteiger partial charge in [-0.15, -0.1) is 0 Å². The third-order valence-corrected chi connectivity index (χ3v) is 3.79. The molecule has 0 bridgehead atoms. The quantitative estimate of drug-likeness (QED) is 0.793. The topological polar surface area (TPSA) is 91.4 Å². The Kier molecular flexibility index (Phi) is 4.69. The molecule has 1 atom stereocenters. The molecule has 8 heteroatoms. The Morgan fingerprint density at radius 1 is 1.16 bits per heavy atom. The fraction of sp³-hybridized carbons (Fsp3) is 0.176. The number of nitrogens with one attached hydrogen (secondary N) is 2. The number of urea groups is 1. The van der Waals surface area contributed by atoms with Gasteiger partial charge in [-0.1, -0.05) is 12.1 Å². The lowest BCUT2D eigenvalue weighted by Crippen LogP contribution is -2.42.